The van der Waals surface area contributed by atoms with E-state index >= 15 is 0 Å². The van der Waals surface area contributed by atoms with Crippen molar-refractivity contribution in [2.45, 2.75) is 12.8 Å². The first-order valence-electron chi connectivity index (χ1n) is 4.83. The molecule has 0 saturated carbocycles. The van der Waals surface area contributed by atoms with Gasteiger partial charge in [-0.05, 0) is 6.07 Å². The number of amides is 1. The SMILES string of the molecule is Cn1nccc1CCNC(=O)C/C(N)=N/O. The summed E-state index contributed by atoms with van der Waals surface area (Å²) in [6, 6.07) is 1.88. The van der Waals surface area contributed by atoms with Crippen LogP contribution in [0.2, 0.25) is 0 Å². The second-order valence-corrected chi connectivity index (χ2v) is 3.31. The van der Waals surface area contributed by atoms with Crippen LogP contribution in [0.25, 0.3) is 0 Å². The van der Waals surface area contributed by atoms with Gasteiger partial charge in [0.15, 0.2) is 0 Å². The predicted octanol–water partition coefficient (Wildman–Crippen LogP) is -0.785. The Morgan fingerprint density at radius 1 is 1.75 bits per heavy atom. The number of hydrogen-bond acceptors (Lipinski definition) is 4. The monoisotopic (exact) mass is 225 g/mol. The molecule has 0 spiro atoms. The van der Waals surface area contributed by atoms with Crippen molar-refractivity contribution in [3.05, 3.63) is 18.0 Å². The molecule has 1 heterocycles. The number of amidine groups is 1. The van der Waals surface area contributed by atoms with E-state index in [9.17, 15) is 4.79 Å². The summed E-state index contributed by atoms with van der Waals surface area (Å²) in [4.78, 5) is 11.2. The summed E-state index contributed by atoms with van der Waals surface area (Å²) in [6.07, 6.45) is 2.30. The van der Waals surface area contributed by atoms with Gasteiger partial charge in [0.1, 0.15) is 5.84 Å². The van der Waals surface area contributed by atoms with Gasteiger partial charge in [0.25, 0.3) is 0 Å². The number of oxime groups is 1. The number of nitrogens with two attached hydrogens (primary N) is 1. The second-order valence-electron chi connectivity index (χ2n) is 3.31. The molecule has 0 bridgehead atoms. The van der Waals surface area contributed by atoms with Crippen LogP contribution in [0.15, 0.2) is 17.4 Å². The van der Waals surface area contributed by atoms with E-state index in [-0.39, 0.29) is 18.2 Å². The Morgan fingerprint density at radius 3 is 3.06 bits per heavy atom. The summed E-state index contributed by atoms with van der Waals surface area (Å²) in [5.41, 5.74) is 6.22. The maximum absolute atomic E-state index is 11.2. The Labute approximate surface area is 92.9 Å². The van der Waals surface area contributed by atoms with Gasteiger partial charge in [-0.15, -0.1) is 0 Å². The van der Waals surface area contributed by atoms with E-state index in [4.69, 9.17) is 10.9 Å². The van der Waals surface area contributed by atoms with Crippen molar-refractivity contribution in [1.82, 2.24) is 15.1 Å². The molecule has 0 aromatic carbocycles. The van der Waals surface area contributed by atoms with Crippen LogP contribution in [0.3, 0.4) is 0 Å². The molecule has 0 fully saturated rings. The maximum Gasteiger partial charge on any atom is 0.227 e. The molecule has 1 aromatic heterocycles. The maximum atomic E-state index is 11.2. The van der Waals surface area contributed by atoms with Crippen molar-refractivity contribution >= 4 is 11.7 Å². The first-order chi connectivity index (χ1) is 7.63. The van der Waals surface area contributed by atoms with Crippen molar-refractivity contribution in [2.75, 3.05) is 6.54 Å². The van der Waals surface area contributed by atoms with E-state index in [2.05, 4.69) is 15.6 Å². The fourth-order valence-electron chi connectivity index (χ4n) is 1.24. The van der Waals surface area contributed by atoms with E-state index in [0.29, 0.717) is 13.0 Å². The average molecular weight is 225 g/mol. The molecule has 0 aliphatic rings. The van der Waals surface area contributed by atoms with Crippen LogP contribution in [-0.2, 0) is 18.3 Å². The van der Waals surface area contributed by atoms with Gasteiger partial charge in [-0.1, -0.05) is 5.16 Å². The minimum atomic E-state index is -0.266. The molecular weight excluding hydrogens is 210 g/mol. The molecule has 1 aromatic rings. The smallest absolute Gasteiger partial charge is 0.227 e. The van der Waals surface area contributed by atoms with Crippen LogP contribution in [-0.4, -0.2) is 33.3 Å². The molecule has 1 amide bonds. The van der Waals surface area contributed by atoms with Crippen molar-refractivity contribution < 1.29 is 10.0 Å². The normalized spacial score (nSPS) is 11.4. The highest BCUT2D eigenvalue weighted by atomic mass is 16.4. The number of rotatable bonds is 5. The molecule has 7 heteroatoms. The minimum absolute atomic E-state index is 0.0954. The lowest BCUT2D eigenvalue weighted by Crippen LogP contribution is -2.30. The highest BCUT2D eigenvalue weighted by Gasteiger charge is 2.04. The third kappa shape index (κ3) is 3.60. The zero-order valence-corrected chi connectivity index (χ0v) is 9.05. The molecule has 0 radical (unpaired) electrons. The van der Waals surface area contributed by atoms with E-state index in [1.807, 2.05) is 13.1 Å². The fourth-order valence-corrected chi connectivity index (χ4v) is 1.24. The lowest BCUT2D eigenvalue weighted by atomic mass is 10.3. The van der Waals surface area contributed by atoms with Crippen molar-refractivity contribution in [2.24, 2.45) is 17.9 Å². The van der Waals surface area contributed by atoms with Crippen LogP contribution in [0.4, 0.5) is 0 Å². The third-order valence-corrected chi connectivity index (χ3v) is 2.10. The van der Waals surface area contributed by atoms with Crippen LogP contribution in [0.5, 0.6) is 0 Å². The fraction of sp³-hybridized carbons (Fsp3) is 0.444. The lowest BCUT2D eigenvalue weighted by molar-refractivity contribution is -0.119. The van der Waals surface area contributed by atoms with Crippen LogP contribution < -0.4 is 11.1 Å². The number of nitrogens with zero attached hydrogens (tertiary/aromatic N) is 3. The average Bonchev–Trinajstić information content (AvgIpc) is 2.64. The van der Waals surface area contributed by atoms with Crippen LogP contribution >= 0.6 is 0 Å². The van der Waals surface area contributed by atoms with Crippen molar-refractivity contribution in [3.63, 3.8) is 0 Å². The third-order valence-electron chi connectivity index (χ3n) is 2.10. The quantitative estimate of drug-likeness (QED) is 0.264. The highest BCUT2D eigenvalue weighted by Crippen LogP contribution is 1.96. The lowest BCUT2D eigenvalue weighted by Gasteiger charge is -2.04. The number of carbonyl (C=O) groups is 1. The number of aryl methyl sites for hydroxylation is 1. The van der Waals surface area contributed by atoms with Gasteiger partial charge in [-0.2, -0.15) is 5.10 Å². The molecule has 0 saturated heterocycles. The van der Waals surface area contributed by atoms with Crippen LogP contribution in [0, 0.1) is 0 Å². The molecule has 0 aliphatic heterocycles. The standard InChI is InChI=1S/C9H15N5O2/c1-14-7(3-5-12-14)2-4-11-9(15)6-8(10)13-16/h3,5,16H,2,4,6H2,1H3,(H2,10,13)(H,11,15). The molecule has 4 N–H and O–H groups in total. The van der Waals surface area contributed by atoms with Crippen molar-refractivity contribution in [3.8, 4) is 0 Å². The largest absolute Gasteiger partial charge is 0.409 e. The second kappa shape index (κ2) is 5.74. The van der Waals surface area contributed by atoms with Gasteiger partial charge in [-0.3, -0.25) is 9.48 Å². The summed E-state index contributed by atoms with van der Waals surface area (Å²) in [5.74, 6) is -0.365. The first-order valence-corrected chi connectivity index (χ1v) is 4.83. The van der Waals surface area contributed by atoms with E-state index in [1.165, 1.54) is 0 Å². The zero-order chi connectivity index (χ0) is 12.0. The summed E-state index contributed by atoms with van der Waals surface area (Å²) < 4.78 is 1.75. The van der Waals surface area contributed by atoms with Crippen LogP contribution in [0.1, 0.15) is 12.1 Å². The van der Waals surface area contributed by atoms with Gasteiger partial charge in [0, 0.05) is 31.9 Å². The molecule has 1 rings (SSSR count). The molecule has 0 unspecified atom stereocenters. The number of aromatic nitrogens is 2. The van der Waals surface area contributed by atoms with Gasteiger partial charge in [0.2, 0.25) is 5.91 Å². The molecular formula is C9H15N5O2. The first kappa shape index (κ1) is 12.0. The number of hydrogen-bond donors (Lipinski definition) is 3. The summed E-state index contributed by atoms with van der Waals surface area (Å²) >= 11 is 0. The van der Waals surface area contributed by atoms with E-state index in [1.54, 1.807) is 10.9 Å². The summed E-state index contributed by atoms with van der Waals surface area (Å²) in [6.45, 7) is 0.497. The highest BCUT2D eigenvalue weighted by molar-refractivity contribution is 5.98. The van der Waals surface area contributed by atoms with E-state index in [0.717, 1.165) is 5.69 Å². The summed E-state index contributed by atoms with van der Waals surface area (Å²) in [5, 5.41) is 17.7. The zero-order valence-electron chi connectivity index (χ0n) is 9.05. The Balaban J connectivity index is 2.26. The Morgan fingerprint density at radius 2 is 2.50 bits per heavy atom. The molecule has 0 atom stereocenters. The molecule has 7 nitrogen and oxygen atoms in total. The molecule has 0 aliphatic carbocycles. The van der Waals surface area contributed by atoms with Gasteiger partial charge < -0.3 is 16.3 Å². The number of carbonyl (C=O) groups excluding carboxylic acids is 1. The molecule has 16 heavy (non-hydrogen) atoms. The topological polar surface area (TPSA) is 106 Å². The Bertz CT molecular complexity index is 385. The summed E-state index contributed by atoms with van der Waals surface area (Å²) in [7, 11) is 1.84. The van der Waals surface area contributed by atoms with Gasteiger partial charge in [-0.25, -0.2) is 0 Å². The van der Waals surface area contributed by atoms with Gasteiger partial charge in [0.05, 0.1) is 6.42 Å². The number of nitrogens with one attached hydrogen (secondary N) is 1. The predicted molar refractivity (Wildman–Crippen MR) is 57.9 cm³/mol. The Kier molecular flexibility index (Phi) is 4.31. The minimum Gasteiger partial charge on any atom is -0.409 e. The Hall–Kier alpha value is -2.05. The van der Waals surface area contributed by atoms with Crippen molar-refractivity contribution in [1.29, 1.82) is 0 Å². The molecule has 88 valence electrons. The van der Waals surface area contributed by atoms with E-state index < -0.39 is 0 Å². The van der Waals surface area contributed by atoms with Gasteiger partial charge >= 0.3 is 0 Å².